The van der Waals surface area contributed by atoms with Gasteiger partial charge in [-0.15, -0.1) is 22.7 Å². The lowest BCUT2D eigenvalue weighted by atomic mass is 9.95. The van der Waals surface area contributed by atoms with Gasteiger partial charge in [0.15, 0.2) is 0 Å². The van der Waals surface area contributed by atoms with E-state index in [1.54, 1.807) is 0 Å². The van der Waals surface area contributed by atoms with Gasteiger partial charge in [-0.25, -0.2) is 0 Å². The summed E-state index contributed by atoms with van der Waals surface area (Å²) >= 11 is 3.78. The van der Waals surface area contributed by atoms with Gasteiger partial charge >= 0.3 is 0 Å². The number of rotatable bonds is 6. The second-order valence-electron chi connectivity index (χ2n) is 5.89. The highest BCUT2D eigenvalue weighted by Gasteiger charge is 2.27. The number of hydrogen-bond acceptors (Lipinski definition) is 3. The summed E-state index contributed by atoms with van der Waals surface area (Å²) in [6, 6.07) is 10.00. The lowest BCUT2D eigenvalue weighted by molar-refractivity contribution is 0.339. The molecule has 2 atom stereocenters. The van der Waals surface area contributed by atoms with Gasteiger partial charge in [0.05, 0.1) is 0 Å². The Kier molecular flexibility index (Phi) is 4.92. The van der Waals surface area contributed by atoms with Crippen LogP contribution in [0.2, 0.25) is 0 Å². The van der Waals surface area contributed by atoms with Gasteiger partial charge in [-0.1, -0.05) is 25.0 Å². The van der Waals surface area contributed by atoms with Crippen molar-refractivity contribution in [1.29, 1.82) is 0 Å². The van der Waals surface area contributed by atoms with Crippen LogP contribution in [0.15, 0.2) is 35.0 Å². The molecule has 0 spiro atoms. The topological polar surface area (TPSA) is 12.0 Å². The molecule has 2 unspecified atom stereocenters. The third-order valence-corrected chi connectivity index (χ3v) is 6.13. The summed E-state index contributed by atoms with van der Waals surface area (Å²) in [6.45, 7) is 2.33. The highest BCUT2D eigenvalue weighted by atomic mass is 32.1. The van der Waals surface area contributed by atoms with Crippen LogP contribution in [-0.4, -0.2) is 6.04 Å². The molecular formula is C17H23NS2. The Morgan fingerprint density at radius 2 is 1.90 bits per heavy atom. The van der Waals surface area contributed by atoms with Crippen LogP contribution in [0.3, 0.4) is 0 Å². The smallest absolute Gasteiger partial charge is 0.0445 e. The van der Waals surface area contributed by atoms with Crippen LogP contribution >= 0.6 is 22.7 Å². The quantitative estimate of drug-likeness (QED) is 0.767. The summed E-state index contributed by atoms with van der Waals surface area (Å²) < 4.78 is 0. The van der Waals surface area contributed by atoms with Gasteiger partial charge in [-0.2, -0.15) is 0 Å². The molecule has 1 aliphatic carbocycles. The summed E-state index contributed by atoms with van der Waals surface area (Å²) in [4.78, 5) is 3.01. The Bertz CT molecular complexity index is 483. The summed E-state index contributed by atoms with van der Waals surface area (Å²) in [5.41, 5.74) is 0. The predicted molar refractivity (Wildman–Crippen MR) is 89.6 cm³/mol. The van der Waals surface area contributed by atoms with Gasteiger partial charge in [0.25, 0.3) is 0 Å². The van der Waals surface area contributed by atoms with Crippen molar-refractivity contribution in [2.24, 2.45) is 5.92 Å². The fourth-order valence-corrected chi connectivity index (χ4v) is 5.02. The Labute approximate surface area is 130 Å². The van der Waals surface area contributed by atoms with Crippen LogP contribution in [-0.2, 0) is 6.42 Å². The number of nitrogens with one attached hydrogen (secondary N) is 1. The summed E-state index contributed by atoms with van der Waals surface area (Å²) in [7, 11) is 0. The van der Waals surface area contributed by atoms with Crippen molar-refractivity contribution in [1.82, 2.24) is 5.32 Å². The highest BCUT2D eigenvalue weighted by Crippen LogP contribution is 2.37. The van der Waals surface area contributed by atoms with Crippen LogP contribution in [0.5, 0.6) is 0 Å². The average molecular weight is 306 g/mol. The standard InChI is InChI=1S/C17H23NS2/c1-13(12-15-8-4-10-19-15)18-17(14-6-2-3-7-14)16-9-5-11-20-16/h4-5,8-11,13-14,17-18H,2-3,6-7,12H2,1H3. The molecule has 3 rings (SSSR count). The first-order valence-electron chi connectivity index (χ1n) is 7.65. The van der Waals surface area contributed by atoms with Gasteiger partial charge in [-0.05, 0) is 55.0 Å². The lowest BCUT2D eigenvalue weighted by Crippen LogP contribution is -2.35. The zero-order chi connectivity index (χ0) is 13.8. The van der Waals surface area contributed by atoms with Crippen molar-refractivity contribution < 1.29 is 0 Å². The molecule has 1 N–H and O–H groups in total. The van der Waals surface area contributed by atoms with Crippen molar-refractivity contribution in [3.05, 3.63) is 44.8 Å². The zero-order valence-electron chi connectivity index (χ0n) is 12.0. The molecule has 2 heterocycles. The molecule has 20 heavy (non-hydrogen) atoms. The van der Waals surface area contributed by atoms with Crippen LogP contribution < -0.4 is 5.32 Å². The molecule has 0 aromatic carbocycles. The fourth-order valence-electron chi connectivity index (χ4n) is 3.31. The molecule has 108 valence electrons. The minimum absolute atomic E-state index is 0.543. The third kappa shape index (κ3) is 3.51. The first-order chi connectivity index (χ1) is 9.83. The van der Waals surface area contributed by atoms with Crippen LogP contribution in [0.1, 0.15) is 48.4 Å². The van der Waals surface area contributed by atoms with E-state index in [0.29, 0.717) is 12.1 Å². The van der Waals surface area contributed by atoms with Crippen molar-refractivity contribution in [3.63, 3.8) is 0 Å². The minimum atomic E-state index is 0.543. The highest BCUT2D eigenvalue weighted by molar-refractivity contribution is 7.10. The SMILES string of the molecule is CC(Cc1cccs1)NC(c1cccs1)C1CCCC1. The molecule has 1 aliphatic rings. The van der Waals surface area contributed by atoms with Crippen molar-refractivity contribution in [2.75, 3.05) is 0 Å². The van der Waals surface area contributed by atoms with Gasteiger partial charge in [-0.3, -0.25) is 0 Å². The second kappa shape index (κ2) is 6.88. The number of thiophene rings is 2. The van der Waals surface area contributed by atoms with Crippen LogP contribution in [0.4, 0.5) is 0 Å². The predicted octanol–water partition coefficient (Wildman–Crippen LogP) is 5.26. The van der Waals surface area contributed by atoms with E-state index in [1.165, 1.54) is 35.4 Å². The van der Waals surface area contributed by atoms with E-state index in [9.17, 15) is 0 Å². The molecular weight excluding hydrogens is 282 g/mol. The van der Waals surface area contributed by atoms with Crippen LogP contribution in [0.25, 0.3) is 0 Å². The van der Waals surface area contributed by atoms with E-state index in [-0.39, 0.29) is 0 Å². The average Bonchev–Trinajstić information content (AvgIpc) is 3.18. The molecule has 2 aromatic heterocycles. The largest absolute Gasteiger partial charge is 0.306 e. The molecule has 1 nitrogen and oxygen atoms in total. The van der Waals surface area contributed by atoms with E-state index in [4.69, 9.17) is 0 Å². The maximum absolute atomic E-state index is 3.92. The first kappa shape index (κ1) is 14.3. The molecule has 0 amide bonds. The molecule has 2 aromatic rings. The monoisotopic (exact) mass is 305 g/mol. The van der Waals surface area contributed by atoms with Gasteiger partial charge < -0.3 is 5.32 Å². The maximum atomic E-state index is 3.92. The van der Waals surface area contributed by atoms with Crippen molar-refractivity contribution >= 4 is 22.7 Å². The lowest BCUT2D eigenvalue weighted by Gasteiger charge is -2.27. The van der Waals surface area contributed by atoms with Gasteiger partial charge in [0, 0.05) is 21.8 Å². The van der Waals surface area contributed by atoms with Crippen molar-refractivity contribution in [3.8, 4) is 0 Å². The van der Waals surface area contributed by atoms with E-state index in [1.807, 2.05) is 22.7 Å². The maximum Gasteiger partial charge on any atom is 0.0445 e. The third-order valence-electron chi connectivity index (χ3n) is 4.27. The molecule has 0 saturated heterocycles. The van der Waals surface area contributed by atoms with Gasteiger partial charge in [0.1, 0.15) is 0 Å². The molecule has 0 bridgehead atoms. The summed E-state index contributed by atoms with van der Waals surface area (Å²) in [5.74, 6) is 0.833. The molecule has 1 saturated carbocycles. The molecule has 0 radical (unpaired) electrons. The summed E-state index contributed by atoms with van der Waals surface area (Å²) in [6.07, 6.45) is 6.75. The van der Waals surface area contributed by atoms with E-state index in [0.717, 1.165) is 12.3 Å². The summed E-state index contributed by atoms with van der Waals surface area (Å²) in [5, 5.41) is 8.30. The fraction of sp³-hybridized carbons (Fsp3) is 0.529. The number of hydrogen-bond donors (Lipinski definition) is 1. The molecule has 1 fully saturated rings. The van der Waals surface area contributed by atoms with Crippen molar-refractivity contribution in [2.45, 2.75) is 51.1 Å². The Hall–Kier alpha value is -0.640. The minimum Gasteiger partial charge on any atom is -0.306 e. The zero-order valence-corrected chi connectivity index (χ0v) is 13.7. The second-order valence-corrected chi connectivity index (χ2v) is 7.90. The van der Waals surface area contributed by atoms with E-state index < -0.39 is 0 Å². The Morgan fingerprint density at radius 1 is 1.15 bits per heavy atom. The Morgan fingerprint density at radius 3 is 2.55 bits per heavy atom. The molecule has 3 heteroatoms. The van der Waals surface area contributed by atoms with E-state index in [2.05, 4.69) is 47.3 Å². The normalized spacial score (nSPS) is 19.2. The van der Waals surface area contributed by atoms with Crippen LogP contribution in [0, 0.1) is 5.92 Å². The molecule has 0 aliphatic heterocycles. The van der Waals surface area contributed by atoms with Gasteiger partial charge in [0.2, 0.25) is 0 Å². The first-order valence-corrected chi connectivity index (χ1v) is 9.40. The Balaban J connectivity index is 1.66. The van der Waals surface area contributed by atoms with E-state index >= 15 is 0 Å².